The molecule has 4 heteroatoms. The Balaban J connectivity index is 2.12. The fourth-order valence-electron chi connectivity index (χ4n) is 3.20. The van der Waals surface area contributed by atoms with Crippen molar-refractivity contribution in [3.63, 3.8) is 0 Å². The molecule has 0 aromatic heterocycles. The largest absolute Gasteiger partial charge is 0.317 e. The van der Waals surface area contributed by atoms with Crippen molar-refractivity contribution in [2.75, 3.05) is 19.6 Å². The highest BCUT2D eigenvalue weighted by molar-refractivity contribution is 9.10. The molecule has 1 atom stereocenters. The van der Waals surface area contributed by atoms with Gasteiger partial charge >= 0.3 is 0 Å². The summed E-state index contributed by atoms with van der Waals surface area (Å²) in [7, 11) is 0. The molecule has 118 valence electrons. The highest BCUT2D eigenvalue weighted by Crippen LogP contribution is 2.31. The maximum Gasteiger partial charge on any atom is 0.124 e. The first kappa shape index (κ1) is 16.9. The smallest absolute Gasteiger partial charge is 0.124 e. The first-order valence-electron chi connectivity index (χ1n) is 7.90. The summed E-state index contributed by atoms with van der Waals surface area (Å²) < 4.78 is 14.2. The van der Waals surface area contributed by atoms with Crippen LogP contribution in [0.5, 0.6) is 0 Å². The van der Waals surface area contributed by atoms with Crippen LogP contribution in [0.2, 0.25) is 0 Å². The molecule has 1 aromatic carbocycles. The van der Waals surface area contributed by atoms with E-state index in [1.54, 1.807) is 12.1 Å². The Labute approximate surface area is 136 Å². The van der Waals surface area contributed by atoms with E-state index in [0.29, 0.717) is 6.04 Å². The number of rotatable bonds is 5. The molecule has 1 unspecified atom stereocenters. The molecule has 1 fully saturated rings. The third-order valence-electron chi connectivity index (χ3n) is 4.50. The zero-order valence-corrected chi connectivity index (χ0v) is 14.8. The van der Waals surface area contributed by atoms with Gasteiger partial charge in [-0.3, -0.25) is 4.90 Å². The summed E-state index contributed by atoms with van der Waals surface area (Å²) in [4.78, 5) is 2.54. The van der Waals surface area contributed by atoms with Crippen LogP contribution >= 0.6 is 15.9 Å². The van der Waals surface area contributed by atoms with Gasteiger partial charge in [-0.15, -0.1) is 0 Å². The van der Waals surface area contributed by atoms with Gasteiger partial charge in [-0.25, -0.2) is 4.39 Å². The maximum absolute atomic E-state index is 13.3. The first-order valence-corrected chi connectivity index (χ1v) is 8.69. The lowest BCUT2D eigenvalue weighted by Crippen LogP contribution is -2.40. The monoisotopic (exact) mass is 356 g/mol. The third kappa shape index (κ3) is 4.51. The number of nitrogens with zero attached hydrogens (tertiary/aromatic N) is 1. The summed E-state index contributed by atoms with van der Waals surface area (Å²) in [5, 5.41) is 3.43. The predicted octanol–water partition coefficient (Wildman–Crippen LogP) is 4.36. The lowest BCUT2D eigenvalue weighted by molar-refractivity contribution is 0.124. The summed E-state index contributed by atoms with van der Waals surface area (Å²) in [6.45, 7) is 10.1. The molecule has 1 saturated heterocycles. The van der Waals surface area contributed by atoms with Crippen molar-refractivity contribution < 1.29 is 4.39 Å². The highest BCUT2D eigenvalue weighted by atomic mass is 79.9. The van der Waals surface area contributed by atoms with Gasteiger partial charge in [-0.1, -0.05) is 22.0 Å². The quantitative estimate of drug-likeness (QED) is 0.842. The van der Waals surface area contributed by atoms with Crippen LogP contribution in [0.3, 0.4) is 0 Å². The minimum atomic E-state index is -0.188. The van der Waals surface area contributed by atoms with E-state index in [4.69, 9.17) is 0 Å². The molecule has 1 aliphatic rings. The third-order valence-corrected chi connectivity index (χ3v) is 5.19. The van der Waals surface area contributed by atoms with Crippen molar-refractivity contribution in [3.8, 4) is 0 Å². The van der Waals surface area contributed by atoms with E-state index in [1.807, 2.05) is 6.07 Å². The Hall–Kier alpha value is -0.450. The lowest BCUT2D eigenvalue weighted by atomic mass is 9.95. The molecule has 21 heavy (non-hydrogen) atoms. The predicted molar refractivity (Wildman–Crippen MR) is 90.0 cm³/mol. The minimum Gasteiger partial charge on any atom is -0.317 e. The van der Waals surface area contributed by atoms with Crippen LogP contribution in [0, 0.1) is 11.7 Å². The summed E-state index contributed by atoms with van der Waals surface area (Å²) in [5.74, 6) is 0.572. The Bertz CT molecular complexity index is 458. The Morgan fingerprint density at radius 1 is 1.29 bits per heavy atom. The van der Waals surface area contributed by atoms with Crippen LogP contribution < -0.4 is 5.32 Å². The second-order valence-corrected chi connectivity index (χ2v) is 7.18. The van der Waals surface area contributed by atoms with Crippen molar-refractivity contribution in [2.24, 2.45) is 5.92 Å². The minimum absolute atomic E-state index is 0.188. The molecule has 2 rings (SSSR count). The molecule has 1 heterocycles. The highest BCUT2D eigenvalue weighted by Gasteiger charge is 2.24. The molecule has 0 radical (unpaired) electrons. The van der Waals surface area contributed by atoms with Gasteiger partial charge in [0.05, 0.1) is 0 Å². The van der Waals surface area contributed by atoms with E-state index in [1.165, 1.54) is 18.4 Å². The Morgan fingerprint density at radius 2 is 1.95 bits per heavy atom. The summed E-state index contributed by atoms with van der Waals surface area (Å²) in [6.07, 6.45) is 2.50. The second kappa shape index (κ2) is 7.70. The fourth-order valence-corrected chi connectivity index (χ4v) is 3.88. The van der Waals surface area contributed by atoms with Crippen LogP contribution in [0.4, 0.5) is 4.39 Å². The molecule has 1 N–H and O–H groups in total. The van der Waals surface area contributed by atoms with E-state index in [9.17, 15) is 4.39 Å². The second-order valence-electron chi connectivity index (χ2n) is 6.33. The van der Waals surface area contributed by atoms with Crippen molar-refractivity contribution >= 4 is 15.9 Å². The van der Waals surface area contributed by atoms with Gasteiger partial charge in [-0.2, -0.15) is 0 Å². The van der Waals surface area contributed by atoms with E-state index in [2.05, 4.69) is 46.9 Å². The number of hydrogen-bond acceptors (Lipinski definition) is 2. The molecule has 0 spiro atoms. The molecular weight excluding hydrogens is 331 g/mol. The Morgan fingerprint density at radius 3 is 2.52 bits per heavy atom. The molecule has 2 nitrogen and oxygen atoms in total. The van der Waals surface area contributed by atoms with Gasteiger partial charge in [0.25, 0.3) is 0 Å². The number of nitrogens with one attached hydrogen (secondary N) is 1. The van der Waals surface area contributed by atoms with Crippen molar-refractivity contribution in [2.45, 2.75) is 45.7 Å². The molecule has 0 aliphatic carbocycles. The number of hydrogen-bond donors (Lipinski definition) is 1. The normalized spacial score (nSPS) is 18.4. The summed E-state index contributed by atoms with van der Waals surface area (Å²) >= 11 is 3.51. The van der Waals surface area contributed by atoms with Crippen LogP contribution in [0.15, 0.2) is 22.7 Å². The maximum atomic E-state index is 13.3. The molecule has 1 aromatic rings. The first-order chi connectivity index (χ1) is 9.99. The SMILES string of the molecule is CC(C)N(CC1CCNCC1)C(C)c1ccc(F)cc1Br. The van der Waals surface area contributed by atoms with E-state index in [-0.39, 0.29) is 11.9 Å². The van der Waals surface area contributed by atoms with Gasteiger partial charge in [0.15, 0.2) is 0 Å². The number of halogens is 2. The van der Waals surface area contributed by atoms with E-state index >= 15 is 0 Å². The number of piperidine rings is 1. The molecule has 0 amide bonds. The van der Waals surface area contributed by atoms with Crippen LogP contribution in [-0.4, -0.2) is 30.6 Å². The topological polar surface area (TPSA) is 15.3 Å². The van der Waals surface area contributed by atoms with Gasteiger partial charge in [0, 0.05) is 23.1 Å². The Kier molecular flexibility index (Phi) is 6.20. The van der Waals surface area contributed by atoms with Gasteiger partial charge in [-0.05, 0) is 70.3 Å². The van der Waals surface area contributed by atoms with Crippen molar-refractivity contribution in [1.29, 1.82) is 0 Å². The summed E-state index contributed by atoms with van der Waals surface area (Å²) in [5.41, 5.74) is 1.17. The van der Waals surface area contributed by atoms with E-state index < -0.39 is 0 Å². The molecule has 1 aliphatic heterocycles. The van der Waals surface area contributed by atoms with Crippen LogP contribution in [0.1, 0.15) is 45.2 Å². The van der Waals surface area contributed by atoms with Crippen LogP contribution in [0.25, 0.3) is 0 Å². The van der Waals surface area contributed by atoms with Crippen molar-refractivity contribution in [3.05, 3.63) is 34.1 Å². The van der Waals surface area contributed by atoms with Gasteiger partial charge in [0.1, 0.15) is 5.82 Å². The standard InChI is InChI=1S/C17H26BrFN2/c1-12(2)21(11-14-6-8-20-9-7-14)13(3)16-5-4-15(19)10-17(16)18/h4-5,10,12-14,20H,6-9,11H2,1-3H3. The van der Waals surface area contributed by atoms with Gasteiger partial charge < -0.3 is 5.32 Å². The molecule has 0 saturated carbocycles. The van der Waals surface area contributed by atoms with Crippen molar-refractivity contribution in [1.82, 2.24) is 10.2 Å². The average molecular weight is 357 g/mol. The van der Waals surface area contributed by atoms with E-state index in [0.717, 1.165) is 30.0 Å². The van der Waals surface area contributed by atoms with Gasteiger partial charge in [0.2, 0.25) is 0 Å². The molecule has 0 bridgehead atoms. The zero-order chi connectivity index (χ0) is 15.4. The average Bonchev–Trinajstić information content (AvgIpc) is 2.45. The number of benzene rings is 1. The van der Waals surface area contributed by atoms with Crippen LogP contribution in [-0.2, 0) is 0 Å². The zero-order valence-electron chi connectivity index (χ0n) is 13.2. The lowest BCUT2D eigenvalue weighted by Gasteiger charge is -2.37. The molecular formula is C17H26BrFN2. The summed E-state index contributed by atoms with van der Waals surface area (Å²) in [6, 6.07) is 5.79. The fraction of sp³-hybridized carbons (Fsp3) is 0.647.